The molecule has 1 amide bonds. The summed E-state index contributed by atoms with van der Waals surface area (Å²) in [7, 11) is 0. The van der Waals surface area contributed by atoms with E-state index >= 15 is 0 Å². The number of hydrogen-bond acceptors (Lipinski definition) is 5. The molecular formula is C20H16FN5OS. The first kappa shape index (κ1) is 18.0. The van der Waals surface area contributed by atoms with E-state index in [1.165, 1.54) is 29.5 Å². The van der Waals surface area contributed by atoms with Gasteiger partial charge in [0, 0.05) is 36.2 Å². The zero-order valence-corrected chi connectivity index (χ0v) is 15.6. The second-order valence-electron chi connectivity index (χ2n) is 6.00. The lowest BCUT2D eigenvalue weighted by Gasteiger charge is -2.01. The van der Waals surface area contributed by atoms with Gasteiger partial charge in [-0.1, -0.05) is 6.07 Å². The molecule has 0 unspecified atom stereocenters. The van der Waals surface area contributed by atoms with Crippen LogP contribution in [-0.2, 0) is 11.2 Å². The Balaban J connectivity index is 1.31. The Bertz CT molecular complexity index is 1130. The van der Waals surface area contributed by atoms with Crippen molar-refractivity contribution >= 4 is 29.0 Å². The second kappa shape index (κ2) is 8.10. The van der Waals surface area contributed by atoms with Crippen LogP contribution in [0.4, 0.5) is 4.39 Å². The third-order valence-electron chi connectivity index (χ3n) is 4.05. The van der Waals surface area contributed by atoms with Crippen LogP contribution >= 0.6 is 11.3 Å². The number of carbonyl (C=O) groups excluding carboxylic acids is 1. The van der Waals surface area contributed by atoms with Gasteiger partial charge in [0.1, 0.15) is 16.6 Å². The van der Waals surface area contributed by atoms with Crippen LogP contribution in [-0.4, -0.2) is 32.0 Å². The first-order chi connectivity index (χ1) is 13.7. The zero-order valence-electron chi connectivity index (χ0n) is 14.7. The van der Waals surface area contributed by atoms with Gasteiger partial charge in [0.15, 0.2) is 5.65 Å². The molecule has 0 bridgehead atoms. The Morgan fingerprint density at radius 3 is 2.89 bits per heavy atom. The average molecular weight is 393 g/mol. The van der Waals surface area contributed by atoms with E-state index in [0.717, 1.165) is 22.0 Å². The molecule has 6 nitrogen and oxygen atoms in total. The van der Waals surface area contributed by atoms with E-state index in [0.29, 0.717) is 18.7 Å². The van der Waals surface area contributed by atoms with Crippen molar-refractivity contribution in [1.82, 2.24) is 24.9 Å². The molecule has 3 aromatic heterocycles. The largest absolute Gasteiger partial charge is 0.352 e. The Kier molecular flexibility index (Phi) is 5.20. The van der Waals surface area contributed by atoms with Gasteiger partial charge in [-0.3, -0.25) is 9.20 Å². The number of thiazole rings is 1. The summed E-state index contributed by atoms with van der Waals surface area (Å²) in [4.78, 5) is 16.5. The van der Waals surface area contributed by atoms with Crippen molar-refractivity contribution in [3.05, 3.63) is 77.5 Å². The van der Waals surface area contributed by atoms with Crippen molar-refractivity contribution in [2.45, 2.75) is 6.42 Å². The molecule has 0 aliphatic heterocycles. The summed E-state index contributed by atoms with van der Waals surface area (Å²) >= 11 is 1.44. The third kappa shape index (κ3) is 4.12. The summed E-state index contributed by atoms with van der Waals surface area (Å²) in [6, 6.07) is 11.9. The van der Waals surface area contributed by atoms with Crippen LogP contribution < -0.4 is 5.32 Å². The number of rotatable bonds is 6. The maximum absolute atomic E-state index is 13.0. The van der Waals surface area contributed by atoms with Gasteiger partial charge in [0.25, 0.3) is 0 Å². The van der Waals surface area contributed by atoms with Gasteiger partial charge < -0.3 is 5.32 Å². The molecule has 0 saturated carbocycles. The summed E-state index contributed by atoms with van der Waals surface area (Å²) in [5.41, 5.74) is 2.31. The van der Waals surface area contributed by atoms with Crippen molar-refractivity contribution in [1.29, 1.82) is 0 Å². The first-order valence-corrected chi connectivity index (χ1v) is 9.53. The first-order valence-electron chi connectivity index (χ1n) is 8.65. The molecule has 0 aliphatic carbocycles. The fourth-order valence-electron chi connectivity index (χ4n) is 2.67. The maximum atomic E-state index is 13.0. The molecule has 140 valence electrons. The molecule has 0 saturated heterocycles. The number of amides is 1. The highest BCUT2D eigenvalue weighted by molar-refractivity contribution is 7.13. The minimum atomic E-state index is -0.281. The van der Waals surface area contributed by atoms with Crippen LogP contribution in [0.25, 0.3) is 22.3 Å². The Hall–Kier alpha value is -3.39. The maximum Gasteiger partial charge on any atom is 0.244 e. The van der Waals surface area contributed by atoms with Crippen LogP contribution in [0.5, 0.6) is 0 Å². The number of nitrogens with zero attached hydrogens (tertiary/aromatic N) is 4. The fraction of sp³-hybridized carbons (Fsp3) is 0.100. The number of carbonyl (C=O) groups is 1. The summed E-state index contributed by atoms with van der Waals surface area (Å²) in [5.74, 6) is 0.310. The van der Waals surface area contributed by atoms with Gasteiger partial charge in [0.05, 0.1) is 5.69 Å². The van der Waals surface area contributed by atoms with Crippen LogP contribution in [0, 0.1) is 5.82 Å². The molecule has 1 N–H and O–H groups in total. The van der Waals surface area contributed by atoms with Gasteiger partial charge in [-0.25, -0.2) is 9.37 Å². The van der Waals surface area contributed by atoms with E-state index in [9.17, 15) is 9.18 Å². The molecule has 0 radical (unpaired) electrons. The SMILES string of the molecule is O=C(/C=C/c1csc(-c2ccc(F)cc2)n1)NCCc1nnc2ccccn12. The quantitative estimate of drug-likeness (QED) is 0.510. The van der Waals surface area contributed by atoms with E-state index in [4.69, 9.17) is 0 Å². The lowest BCUT2D eigenvalue weighted by Crippen LogP contribution is -2.24. The zero-order chi connectivity index (χ0) is 19.3. The van der Waals surface area contributed by atoms with Crippen molar-refractivity contribution < 1.29 is 9.18 Å². The summed E-state index contributed by atoms with van der Waals surface area (Å²) in [5, 5.41) is 13.7. The molecule has 0 fully saturated rings. The second-order valence-corrected chi connectivity index (χ2v) is 6.86. The lowest BCUT2D eigenvalue weighted by molar-refractivity contribution is -0.116. The highest BCUT2D eigenvalue weighted by Crippen LogP contribution is 2.24. The fourth-order valence-corrected chi connectivity index (χ4v) is 3.46. The van der Waals surface area contributed by atoms with Crippen molar-refractivity contribution in [3.63, 3.8) is 0 Å². The molecule has 4 rings (SSSR count). The van der Waals surface area contributed by atoms with E-state index in [-0.39, 0.29) is 11.7 Å². The third-order valence-corrected chi connectivity index (χ3v) is 4.96. The minimum absolute atomic E-state index is 0.204. The Morgan fingerprint density at radius 1 is 1.18 bits per heavy atom. The van der Waals surface area contributed by atoms with Crippen molar-refractivity contribution in [2.24, 2.45) is 0 Å². The number of pyridine rings is 1. The van der Waals surface area contributed by atoms with Gasteiger partial charge in [-0.05, 0) is 42.5 Å². The van der Waals surface area contributed by atoms with Gasteiger partial charge in [-0.15, -0.1) is 21.5 Å². The van der Waals surface area contributed by atoms with Gasteiger partial charge >= 0.3 is 0 Å². The molecule has 8 heteroatoms. The monoisotopic (exact) mass is 393 g/mol. The van der Waals surface area contributed by atoms with Crippen LogP contribution in [0.2, 0.25) is 0 Å². The Labute approximate surface area is 164 Å². The van der Waals surface area contributed by atoms with Crippen LogP contribution in [0.15, 0.2) is 60.1 Å². The van der Waals surface area contributed by atoms with Gasteiger partial charge in [-0.2, -0.15) is 0 Å². The summed E-state index contributed by atoms with van der Waals surface area (Å²) < 4.78 is 14.9. The molecule has 0 spiro atoms. The van der Waals surface area contributed by atoms with E-state index in [1.807, 2.05) is 34.2 Å². The highest BCUT2D eigenvalue weighted by atomic mass is 32.1. The van der Waals surface area contributed by atoms with Crippen LogP contribution in [0.3, 0.4) is 0 Å². The summed E-state index contributed by atoms with van der Waals surface area (Å²) in [6.45, 7) is 0.455. The number of aromatic nitrogens is 4. The number of halogens is 1. The normalized spacial score (nSPS) is 11.3. The molecule has 0 aliphatic rings. The molecule has 0 atom stereocenters. The number of fused-ring (bicyclic) bond motifs is 1. The van der Waals surface area contributed by atoms with E-state index in [1.54, 1.807) is 18.2 Å². The molecular weight excluding hydrogens is 377 g/mol. The smallest absolute Gasteiger partial charge is 0.244 e. The van der Waals surface area contributed by atoms with Crippen molar-refractivity contribution in [2.75, 3.05) is 6.54 Å². The predicted molar refractivity (Wildman–Crippen MR) is 106 cm³/mol. The predicted octanol–water partition coefficient (Wildman–Crippen LogP) is 3.36. The van der Waals surface area contributed by atoms with Crippen molar-refractivity contribution in [3.8, 4) is 10.6 Å². The highest BCUT2D eigenvalue weighted by Gasteiger charge is 2.06. The Morgan fingerprint density at radius 2 is 2.04 bits per heavy atom. The lowest BCUT2D eigenvalue weighted by atomic mass is 10.2. The van der Waals surface area contributed by atoms with Gasteiger partial charge in [0.2, 0.25) is 5.91 Å². The molecule has 28 heavy (non-hydrogen) atoms. The molecule has 3 heterocycles. The number of benzene rings is 1. The molecule has 4 aromatic rings. The minimum Gasteiger partial charge on any atom is -0.352 e. The van der Waals surface area contributed by atoms with Crippen LogP contribution in [0.1, 0.15) is 11.5 Å². The topological polar surface area (TPSA) is 72.2 Å². The standard InChI is InChI=1S/C20H16FN5OS/c21-15-6-4-14(5-7-15)20-23-16(13-28-20)8-9-19(27)22-11-10-18-25-24-17-3-1-2-12-26(17)18/h1-9,12-13H,10-11H2,(H,22,27)/b9-8+. The molecule has 1 aromatic carbocycles. The van der Waals surface area contributed by atoms with E-state index < -0.39 is 0 Å². The average Bonchev–Trinajstić information content (AvgIpc) is 3.35. The summed E-state index contributed by atoms with van der Waals surface area (Å²) in [6.07, 6.45) is 5.58. The number of nitrogens with one attached hydrogen (secondary N) is 1. The number of hydrogen-bond donors (Lipinski definition) is 1. The van der Waals surface area contributed by atoms with E-state index in [2.05, 4.69) is 20.5 Å².